The van der Waals surface area contributed by atoms with Gasteiger partial charge in [0.1, 0.15) is 5.69 Å². The van der Waals surface area contributed by atoms with Crippen LogP contribution >= 0.6 is 0 Å². The van der Waals surface area contributed by atoms with Crippen molar-refractivity contribution in [1.82, 2.24) is 0 Å². The molecule has 0 fully saturated rings. The lowest BCUT2D eigenvalue weighted by atomic mass is 10.1. The summed E-state index contributed by atoms with van der Waals surface area (Å²) in [6.07, 6.45) is 0. The molecule has 0 atom stereocenters. The lowest BCUT2D eigenvalue weighted by molar-refractivity contribution is -0.255. The summed E-state index contributed by atoms with van der Waals surface area (Å²) < 4.78 is 5.05. The van der Waals surface area contributed by atoms with Crippen LogP contribution in [0.2, 0.25) is 0 Å². The van der Waals surface area contributed by atoms with Gasteiger partial charge in [0, 0.05) is 5.69 Å². The fraction of sp³-hybridized carbons (Fsp3) is 0.154. The molecule has 6 nitrogen and oxygen atoms in total. The predicted octanol–water partition coefficient (Wildman–Crippen LogP) is -0.212. The number of carboxylic acid groups (broad SMARTS) is 1. The summed E-state index contributed by atoms with van der Waals surface area (Å²) in [5.74, 6) is -1.27. The van der Waals surface area contributed by atoms with Crippen molar-refractivity contribution >= 4 is 17.3 Å². The highest BCUT2D eigenvalue weighted by Crippen LogP contribution is 2.22. The maximum atomic E-state index is 11.4. The number of hydrogen-bond donors (Lipinski definition) is 1. The van der Waals surface area contributed by atoms with Gasteiger partial charge in [0.2, 0.25) is 0 Å². The summed E-state index contributed by atoms with van der Waals surface area (Å²) in [5, 5.41) is 13.3. The molecule has 6 heteroatoms. The van der Waals surface area contributed by atoms with Crippen molar-refractivity contribution in [3.8, 4) is 5.75 Å². The molecule has 2 aromatic rings. The number of nitrogens with one attached hydrogen (secondary N) is 1. The second-order valence-electron chi connectivity index (χ2n) is 3.79. The molecule has 19 heavy (non-hydrogen) atoms. The van der Waals surface area contributed by atoms with E-state index in [1.165, 1.54) is 24.3 Å². The normalized spacial score (nSPS) is 10.4. The largest absolute Gasteiger partial charge is 0.545 e. The zero-order chi connectivity index (χ0) is 14.0. The van der Waals surface area contributed by atoms with Crippen LogP contribution in [0.15, 0.2) is 33.9 Å². The van der Waals surface area contributed by atoms with E-state index in [0.29, 0.717) is 5.69 Å². The Balaban J connectivity index is 2.22. The Morgan fingerprint density at radius 2 is 1.84 bits per heavy atom. The van der Waals surface area contributed by atoms with Crippen LogP contribution in [0.4, 0.5) is 11.4 Å². The molecule has 0 radical (unpaired) electrons. The monoisotopic (exact) mass is 260 g/mol. The zero-order valence-corrected chi connectivity index (χ0v) is 10.1. The van der Waals surface area contributed by atoms with Crippen LogP contribution in [0.5, 0.6) is 5.75 Å². The maximum absolute atomic E-state index is 11.4. The second kappa shape index (κ2) is 4.93. The van der Waals surface area contributed by atoms with Crippen LogP contribution in [0, 0.1) is 0 Å². The van der Waals surface area contributed by atoms with E-state index in [4.69, 9.17) is 4.74 Å². The van der Waals surface area contributed by atoms with Gasteiger partial charge in [-0.3, -0.25) is 9.59 Å². The molecule has 98 valence electrons. The standard InChI is InChI=1S/C13H11NO5/c1-2-19-12-9(10(15)11(12)16)14-8-5-3-7(4-6-8)13(17)18/h3-6,14H,2H2,1H3,(H,17,18)/p-1. The van der Waals surface area contributed by atoms with Crippen LogP contribution in [0.3, 0.4) is 0 Å². The molecule has 0 heterocycles. The number of carbonyl (C=O) groups excluding carboxylic acids is 1. The summed E-state index contributed by atoms with van der Waals surface area (Å²) in [7, 11) is 0. The minimum atomic E-state index is -1.28. The number of anilines is 2. The highest BCUT2D eigenvalue weighted by atomic mass is 16.5. The zero-order valence-electron chi connectivity index (χ0n) is 10.1. The van der Waals surface area contributed by atoms with Crippen molar-refractivity contribution in [3.63, 3.8) is 0 Å². The van der Waals surface area contributed by atoms with Crippen LogP contribution in [0.25, 0.3) is 0 Å². The third-order valence-corrected chi connectivity index (χ3v) is 2.55. The minimum absolute atomic E-state index is 0.0106. The number of hydrogen-bond acceptors (Lipinski definition) is 6. The fourth-order valence-corrected chi connectivity index (χ4v) is 1.60. The summed E-state index contributed by atoms with van der Waals surface area (Å²) in [6, 6.07) is 5.61. The Labute approximate surface area is 108 Å². The van der Waals surface area contributed by atoms with Gasteiger partial charge in [-0.25, -0.2) is 0 Å². The van der Waals surface area contributed by atoms with Gasteiger partial charge >= 0.3 is 0 Å². The van der Waals surface area contributed by atoms with Gasteiger partial charge in [-0.15, -0.1) is 0 Å². The Morgan fingerprint density at radius 3 is 2.37 bits per heavy atom. The topological polar surface area (TPSA) is 95.5 Å². The number of aromatic carboxylic acids is 1. The first-order valence-corrected chi connectivity index (χ1v) is 5.59. The van der Waals surface area contributed by atoms with Gasteiger partial charge in [0.15, 0.2) is 5.75 Å². The quantitative estimate of drug-likeness (QED) is 0.747. The number of ether oxygens (including phenoxy) is 1. The van der Waals surface area contributed by atoms with E-state index in [0.717, 1.165) is 0 Å². The molecule has 0 aliphatic carbocycles. The Kier molecular flexibility index (Phi) is 3.33. The Hall–Kier alpha value is -2.63. The van der Waals surface area contributed by atoms with E-state index in [2.05, 4.69) is 5.32 Å². The number of rotatable bonds is 5. The summed E-state index contributed by atoms with van der Waals surface area (Å²) in [6.45, 7) is 1.98. The summed E-state index contributed by atoms with van der Waals surface area (Å²) in [4.78, 5) is 33.2. The molecule has 2 rings (SSSR count). The van der Waals surface area contributed by atoms with E-state index in [1.807, 2.05) is 0 Å². The first kappa shape index (κ1) is 12.8. The number of benzene rings is 1. The molecule has 0 saturated carbocycles. The molecule has 0 unspecified atom stereocenters. The fourth-order valence-electron chi connectivity index (χ4n) is 1.60. The van der Waals surface area contributed by atoms with Crippen molar-refractivity contribution < 1.29 is 14.6 Å². The summed E-state index contributed by atoms with van der Waals surface area (Å²) in [5.41, 5.74) is -0.699. The first-order valence-electron chi connectivity index (χ1n) is 5.59. The smallest absolute Gasteiger partial charge is 0.272 e. The van der Waals surface area contributed by atoms with Gasteiger partial charge < -0.3 is 20.0 Å². The molecule has 2 aromatic carbocycles. The highest BCUT2D eigenvalue weighted by Gasteiger charge is 2.22. The van der Waals surface area contributed by atoms with Crippen LogP contribution in [-0.2, 0) is 0 Å². The van der Waals surface area contributed by atoms with Gasteiger partial charge in [-0.2, -0.15) is 0 Å². The average Bonchev–Trinajstić information content (AvgIpc) is 2.42. The molecule has 0 aliphatic rings. The van der Waals surface area contributed by atoms with Crippen LogP contribution in [0.1, 0.15) is 17.3 Å². The highest BCUT2D eigenvalue weighted by molar-refractivity contribution is 5.86. The van der Waals surface area contributed by atoms with Gasteiger partial charge in [0.25, 0.3) is 10.9 Å². The second-order valence-corrected chi connectivity index (χ2v) is 3.79. The number of carboxylic acids is 1. The number of carbonyl (C=O) groups is 1. The molecular formula is C13H10NO5-. The van der Waals surface area contributed by atoms with E-state index < -0.39 is 16.8 Å². The lowest BCUT2D eigenvalue weighted by Crippen LogP contribution is -2.35. The third kappa shape index (κ3) is 2.33. The average molecular weight is 260 g/mol. The molecule has 1 N–H and O–H groups in total. The minimum Gasteiger partial charge on any atom is -0.545 e. The third-order valence-electron chi connectivity index (χ3n) is 2.55. The molecule has 0 spiro atoms. The van der Waals surface area contributed by atoms with Crippen molar-refractivity contribution in [2.75, 3.05) is 11.9 Å². The van der Waals surface area contributed by atoms with E-state index in [9.17, 15) is 19.5 Å². The predicted molar refractivity (Wildman–Crippen MR) is 66.6 cm³/mol. The van der Waals surface area contributed by atoms with Crippen molar-refractivity contribution in [2.24, 2.45) is 0 Å². The first-order chi connectivity index (χ1) is 9.04. The molecule has 0 aliphatic heterocycles. The van der Waals surface area contributed by atoms with Crippen molar-refractivity contribution in [2.45, 2.75) is 6.92 Å². The Morgan fingerprint density at radius 1 is 1.21 bits per heavy atom. The van der Waals surface area contributed by atoms with Crippen LogP contribution in [-0.4, -0.2) is 12.6 Å². The van der Waals surface area contributed by atoms with Gasteiger partial charge in [-0.05, 0) is 24.6 Å². The van der Waals surface area contributed by atoms with Gasteiger partial charge in [0.05, 0.1) is 12.6 Å². The van der Waals surface area contributed by atoms with Gasteiger partial charge in [-0.1, -0.05) is 12.1 Å². The summed E-state index contributed by atoms with van der Waals surface area (Å²) >= 11 is 0. The SMILES string of the molecule is CCOc1c(Nc2ccc(C(=O)[O-])cc2)c(=O)c1=O. The molecular weight excluding hydrogens is 250 g/mol. The van der Waals surface area contributed by atoms with E-state index >= 15 is 0 Å². The molecule has 0 amide bonds. The molecule has 0 aromatic heterocycles. The molecule has 0 saturated heterocycles. The maximum Gasteiger partial charge on any atom is 0.272 e. The lowest BCUT2D eigenvalue weighted by Gasteiger charge is -2.13. The van der Waals surface area contributed by atoms with Crippen LogP contribution < -0.4 is 26.0 Å². The van der Waals surface area contributed by atoms with Crippen molar-refractivity contribution in [1.29, 1.82) is 0 Å². The van der Waals surface area contributed by atoms with E-state index in [1.54, 1.807) is 6.92 Å². The van der Waals surface area contributed by atoms with Crippen molar-refractivity contribution in [3.05, 3.63) is 50.3 Å². The molecule has 0 bridgehead atoms. The van der Waals surface area contributed by atoms with E-state index in [-0.39, 0.29) is 23.6 Å². The Bertz CT molecular complexity index is 680.